The van der Waals surface area contributed by atoms with Crippen molar-refractivity contribution in [3.8, 4) is 5.75 Å². The molecule has 1 aliphatic rings. The lowest BCUT2D eigenvalue weighted by Crippen LogP contribution is -2.53. The quantitative estimate of drug-likeness (QED) is 0.788. The molecule has 0 bridgehead atoms. The zero-order valence-electron chi connectivity index (χ0n) is 11.0. The van der Waals surface area contributed by atoms with Crippen molar-refractivity contribution >= 4 is 27.7 Å². The number of carbonyl (C=O) groups excluding carboxylic acids is 1. The molecule has 98 valence electrons. The van der Waals surface area contributed by atoms with Crippen molar-refractivity contribution in [3.05, 3.63) is 16.7 Å². The highest BCUT2D eigenvalue weighted by atomic mass is 79.9. The van der Waals surface area contributed by atoms with Gasteiger partial charge >= 0.3 is 0 Å². The number of carbonyl (C=O) groups is 1. The van der Waals surface area contributed by atoms with Crippen molar-refractivity contribution in [2.45, 2.75) is 33.3 Å². The third-order valence-electron chi connectivity index (χ3n) is 2.73. The highest BCUT2D eigenvalue weighted by molar-refractivity contribution is 9.10. The number of nitrogens with zero attached hydrogens (tertiary/aromatic N) is 2. The molecule has 1 aliphatic heterocycles. The van der Waals surface area contributed by atoms with Crippen LogP contribution in [0.4, 0.5) is 5.82 Å². The number of fused-ring (bicyclic) bond motifs is 1. The van der Waals surface area contributed by atoms with Crippen LogP contribution < -0.4 is 9.64 Å². The number of amides is 1. The molecular formula is C13H17BrN2O2. The van der Waals surface area contributed by atoms with Crippen molar-refractivity contribution in [1.29, 1.82) is 0 Å². The van der Waals surface area contributed by atoms with Gasteiger partial charge in [-0.15, -0.1) is 0 Å². The Morgan fingerprint density at radius 1 is 1.44 bits per heavy atom. The maximum atomic E-state index is 12.4. The average Bonchev–Trinajstić information content (AvgIpc) is 2.25. The molecule has 0 atom stereocenters. The van der Waals surface area contributed by atoms with E-state index in [1.807, 2.05) is 12.1 Å². The largest absolute Gasteiger partial charge is 0.474 e. The van der Waals surface area contributed by atoms with Crippen LogP contribution in [0.15, 0.2) is 16.7 Å². The van der Waals surface area contributed by atoms with Gasteiger partial charge < -0.3 is 4.74 Å². The van der Waals surface area contributed by atoms with Crippen molar-refractivity contribution < 1.29 is 9.53 Å². The minimum absolute atomic E-state index is 0.0469. The van der Waals surface area contributed by atoms with Gasteiger partial charge in [-0.25, -0.2) is 4.98 Å². The van der Waals surface area contributed by atoms with Crippen LogP contribution in [0.1, 0.15) is 27.7 Å². The highest BCUT2D eigenvalue weighted by Gasteiger charge is 2.41. The maximum Gasteiger partial charge on any atom is 0.271 e. The summed E-state index contributed by atoms with van der Waals surface area (Å²) in [6, 6.07) is 3.66. The Bertz CT molecular complexity index is 486. The lowest BCUT2D eigenvalue weighted by molar-refractivity contribution is -0.132. The van der Waals surface area contributed by atoms with E-state index in [1.54, 1.807) is 18.7 Å². The first-order valence-corrected chi connectivity index (χ1v) is 6.78. The zero-order chi connectivity index (χ0) is 13.5. The number of pyridine rings is 1. The van der Waals surface area contributed by atoms with Crippen LogP contribution in [0.2, 0.25) is 0 Å². The second-order valence-electron chi connectivity index (χ2n) is 5.38. The van der Waals surface area contributed by atoms with Crippen molar-refractivity contribution in [1.82, 2.24) is 4.98 Å². The van der Waals surface area contributed by atoms with Gasteiger partial charge in [0.15, 0.2) is 17.2 Å². The summed E-state index contributed by atoms with van der Waals surface area (Å²) in [5, 5.41) is 0. The molecule has 2 rings (SSSR count). The number of ether oxygens (including phenoxy) is 1. The number of anilines is 1. The van der Waals surface area contributed by atoms with Crippen LogP contribution in [-0.4, -0.2) is 23.0 Å². The number of halogens is 1. The molecule has 0 spiro atoms. The molecule has 1 amide bonds. The Morgan fingerprint density at radius 3 is 2.72 bits per heavy atom. The van der Waals surface area contributed by atoms with Crippen LogP contribution in [0.5, 0.6) is 5.75 Å². The van der Waals surface area contributed by atoms with E-state index in [0.29, 0.717) is 28.6 Å². The normalized spacial score (nSPS) is 17.7. The van der Waals surface area contributed by atoms with E-state index in [-0.39, 0.29) is 5.91 Å². The van der Waals surface area contributed by atoms with Gasteiger partial charge in [0.2, 0.25) is 0 Å². The standard InChI is InChI=1S/C13H17BrN2O2/c1-8(2)7-16-11-9(5-6-10(14)15-11)18-13(3,4)12(16)17/h5-6,8H,7H2,1-4H3. The van der Waals surface area contributed by atoms with Gasteiger partial charge in [0.25, 0.3) is 5.91 Å². The topological polar surface area (TPSA) is 42.4 Å². The molecule has 0 aliphatic carbocycles. The molecule has 0 unspecified atom stereocenters. The molecule has 0 N–H and O–H groups in total. The smallest absolute Gasteiger partial charge is 0.271 e. The fourth-order valence-electron chi connectivity index (χ4n) is 1.96. The van der Waals surface area contributed by atoms with Gasteiger partial charge in [-0.3, -0.25) is 9.69 Å². The van der Waals surface area contributed by atoms with Gasteiger partial charge in [-0.05, 0) is 47.8 Å². The zero-order valence-corrected chi connectivity index (χ0v) is 12.6. The molecule has 0 radical (unpaired) electrons. The number of hydrogen-bond acceptors (Lipinski definition) is 3. The molecule has 0 saturated carbocycles. The van der Waals surface area contributed by atoms with Gasteiger partial charge in [0.05, 0.1) is 0 Å². The summed E-state index contributed by atoms with van der Waals surface area (Å²) >= 11 is 3.33. The number of aromatic nitrogens is 1. The van der Waals surface area contributed by atoms with E-state index in [2.05, 4.69) is 34.8 Å². The Morgan fingerprint density at radius 2 is 2.11 bits per heavy atom. The predicted octanol–water partition coefficient (Wildman–Crippen LogP) is 3.00. The van der Waals surface area contributed by atoms with Crippen LogP contribution in [0.25, 0.3) is 0 Å². The second-order valence-corrected chi connectivity index (χ2v) is 6.19. The predicted molar refractivity (Wildman–Crippen MR) is 73.8 cm³/mol. The summed E-state index contributed by atoms with van der Waals surface area (Å²) in [5.41, 5.74) is -0.836. The van der Waals surface area contributed by atoms with E-state index < -0.39 is 5.60 Å². The minimum Gasteiger partial charge on any atom is -0.474 e. The van der Waals surface area contributed by atoms with E-state index in [4.69, 9.17) is 4.74 Å². The molecule has 0 aromatic carbocycles. The van der Waals surface area contributed by atoms with Crippen molar-refractivity contribution in [2.24, 2.45) is 5.92 Å². The van der Waals surface area contributed by atoms with E-state index in [1.165, 1.54) is 0 Å². The SMILES string of the molecule is CC(C)CN1C(=O)C(C)(C)Oc2ccc(Br)nc21. The first-order chi connectivity index (χ1) is 8.31. The van der Waals surface area contributed by atoms with Crippen LogP contribution >= 0.6 is 15.9 Å². The third kappa shape index (κ3) is 2.36. The first-order valence-electron chi connectivity index (χ1n) is 5.99. The third-order valence-corrected chi connectivity index (χ3v) is 3.18. The van der Waals surface area contributed by atoms with Crippen molar-refractivity contribution in [2.75, 3.05) is 11.4 Å². The summed E-state index contributed by atoms with van der Waals surface area (Å²) in [6.45, 7) is 8.37. The van der Waals surface area contributed by atoms with Gasteiger partial charge in [-0.1, -0.05) is 13.8 Å². The molecule has 1 aromatic rings. The lowest BCUT2D eigenvalue weighted by Gasteiger charge is -2.38. The molecule has 0 saturated heterocycles. The lowest BCUT2D eigenvalue weighted by atomic mass is 10.0. The minimum atomic E-state index is -0.836. The van der Waals surface area contributed by atoms with Gasteiger partial charge in [-0.2, -0.15) is 0 Å². The fraction of sp³-hybridized carbons (Fsp3) is 0.538. The molecule has 4 nitrogen and oxygen atoms in total. The van der Waals surface area contributed by atoms with E-state index >= 15 is 0 Å². The van der Waals surface area contributed by atoms with Crippen molar-refractivity contribution in [3.63, 3.8) is 0 Å². The second kappa shape index (κ2) is 4.53. The van der Waals surface area contributed by atoms with Crippen LogP contribution in [0, 0.1) is 5.92 Å². The molecular weight excluding hydrogens is 296 g/mol. The Hall–Kier alpha value is -1.10. The summed E-state index contributed by atoms with van der Waals surface area (Å²) in [4.78, 5) is 18.5. The fourth-order valence-corrected chi connectivity index (χ4v) is 2.26. The molecule has 5 heteroatoms. The Labute approximate surface area is 115 Å². The van der Waals surface area contributed by atoms with Crippen LogP contribution in [-0.2, 0) is 4.79 Å². The number of rotatable bonds is 2. The van der Waals surface area contributed by atoms with Crippen LogP contribution in [0.3, 0.4) is 0 Å². The summed E-state index contributed by atoms with van der Waals surface area (Å²) in [5.74, 6) is 1.58. The summed E-state index contributed by atoms with van der Waals surface area (Å²) in [7, 11) is 0. The molecule has 1 aromatic heterocycles. The molecule has 0 fully saturated rings. The highest BCUT2D eigenvalue weighted by Crippen LogP contribution is 2.37. The van der Waals surface area contributed by atoms with E-state index in [9.17, 15) is 4.79 Å². The molecule has 18 heavy (non-hydrogen) atoms. The van der Waals surface area contributed by atoms with Gasteiger partial charge in [0, 0.05) is 6.54 Å². The maximum absolute atomic E-state index is 12.4. The van der Waals surface area contributed by atoms with E-state index in [0.717, 1.165) is 0 Å². The summed E-state index contributed by atoms with van der Waals surface area (Å²) < 4.78 is 6.42. The monoisotopic (exact) mass is 312 g/mol. The first kappa shape index (κ1) is 13.3. The average molecular weight is 313 g/mol. The Balaban J connectivity index is 2.49. The molecule has 2 heterocycles. The number of hydrogen-bond donors (Lipinski definition) is 0. The summed E-state index contributed by atoms with van der Waals surface area (Å²) in [6.07, 6.45) is 0. The Kier molecular flexibility index (Phi) is 3.36. The van der Waals surface area contributed by atoms with Gasteiger partial charge in [0.1, 0.15) is 4.60 Å².